The molecule has 8 heteroatoms. The first kappa shape index (κ1) is 25.4. The summed E-state index contributed by atoms with van der Waals surface area (Å²) in [5.74, 6) is 2.37. The van der Waals surface area contributed by atoms with E-state index in [4.69, 9.17) is 28.2 Å². The minimum absolute atomic E-state index is 0.186. The van der Waals surface area contributed by atoms with Gasteiger partial charge in [0.2, 0.25) is 0 Å². The van der Waals surface area contributed by atoms with E-state index in [1.807, 2.05) is 60.7 Å². The quantitative estimate of drug-likeness (QED) is 0.231. The summed E-state index contributed by atoms with van der Waals surface area (Å²) in [6.45, 7) is 4.37. The van der Waals surface area contributed by atoms with E-state index < -0.39 is 0 Å². The minimum Gasteiger partial charge on any atom is -0.459 e. The molecule has 0 saturated carbocycles. The Hall–Kier alpha value is -2.87. The van der Waals surface area contributed by atoms with Crippen LogP contribution in [0.5, 0.6) is 0 Å². The third-order valence-electron chi connectivity index (χ3n) is 7.48. The smallest absolute Gasteiger partial charge is 0.174 e. The van der Waals surface area contributed by atoms with E-state index in [2.05, 4.69) is 55.1 Å². The average Bonchev–Trinajstić information content (AvgIpc) is 3.55. The Balaban J connectivity index is 1.37. The first-order valence-electron chi connectivity index (χ1n) is 12.9. The molecule has 2 atom stereocenters. The average molecular weight is 608 g/mol. The van der Waals surface area contributed by atoms with Gasteiger partial charge in [-0.15, -0.1) is 0 Å². The van der Waals surface area contributed by atoms with Crippen molar-refractivity contribution in [3.05, 3.63) is 99.9 Å². The van der Waals surface area contributed by atoms with Crippen molar-refractivity contribution in [1.29, 1.82) is 0 Å². The molecule has 0 unspecified atom stereocenters. The van der Waals surface area contributed by atoms with Gasteiger partial charge in [0.1, 0.15) is 17.6 Å². The molecule has 0 bridgehead atoms. The van der Waals surface area contributed by atoms with E-state index in [0.29, 0.717) is 5.11 Å². The number of nitrogens with one attached hydrogen (secondary N) is 1. The highest BCUT2D eigenvalue weighted by molar-refractivity contribution is 9.10. The van der Waals surface area contributed by atoms with Crippen molar-refractivity contribution in [2.45, 2.75) is 31.8 Å². The van der Waals surface area contributed by atoms with Gasteiger partial charge in [0.15, 0.2) is 5.11 Å². The maximum Gasteiger partial charge on any atom is 0.174 e. The summed E-state index contributed by atoms with van der Waals surface area (Å²) in [6.07, 6.45) is 4.18. The lowest BCUT2D eigenvalue weighted by Gasteiger charge is -2.33. The highest BCUT2D eigenvalue weighted by Gasteiger charge is 2.42. The predicted molar refractivity (Wildman–Crippen MR) is 162 cm³/mol. The van der Waals surface area contributed by atoms with Crippen LogP contribution in [0.3, 0.4) is 0 Å². The number of nitrogens with zero attached hydrogens (tertiary/aromatic N) is 3. The summed E-state index contributed by atoms with van der Waals surface area (Å²) in [5.41, 5.74) is 3.91. The fourth-order valence-corrected chi connectivity index (χ4v) is 6.26. The third-order valence-corrected chi connectivity index (χ3v) is 8.62. The van der Waals surface area contributed by atoms with Gasteiger partial charge < -0.3 is 19.5 Å². The van der Waals surface area contributed by atoms with E-state index in [1.54, 1.807) is 6.20 Å². The molecule has 2 aliphatic heterocycles. The number of rotatable bonds is 5. The highest BCUT2D eigenvalue weighted by atomic mass is 79.9. The number of benzene rings is 2. The standard InChI is InChI=1S/C30H28BrClN4OS/c1-19-13-16-35(17-14-19)25-10-9-22(18-23(25)32)36-29(28(34-30(36)38)24-4-2-3-15-33-24)27-12-11-26(37-27)20-5-7-21(31)8-6-20/h2-12,15,18-19,28-29H,13-14,16-17H2,1H3,(H,34,38)/t28-,29-/m0/s1. The maximum absolute atomic E-state index is 6.90. The number of piperidine rings is 1. The molecule has 0 spiro atoms. The van der Waals surface area contributed by atoms with Gasteiger partial charge in [-0.05, 0) is 85.6 Å². The van der Waals surface area contributed by atoms with Crippen LogP contribution in [-0.4, -0.2) is 23.2 Å². The number of hydrogen-bond donors (Lipinski definition) is 1. The van der Waals surface area contributed by atoms with Crippen LogP contribution < -0.4 is 15.1 Å². The number of hydrogen-bond acceptors (Lipinski definition) is 4. The first-order chi connectivity index (χ1) is 18.5. The van der Waals surface area contributed by atoms with Crippen LogP contribution in [0, 0.1) is 5.92 Å². The van der Waals surface area contributed by atoms with Gasteiger partial charge in [-0.2, -0.15) is 0 Å². The Morgan fingerprint density at radius 3 is 2.53 bits per heavy atom. The molecule has 0 aliphatic carbocycles. The summed E-state index contributed by atoms with van der Waals surface area (Å²) < 4.78 is 7.51. The first-order valence-corrected chi connectivity index (χ1v) is 14.5. The normalized spacial score (nSPS) is 20.1. The molecule has 5 nitrogen and oxygen atoms in total. The van der Waals surface area contributed by atoms with Gasteiger partial charge in [-0.1, -0.05) is 52.7 Å². The van der Waals surface area contributed by atoms with E-state index in [0.717, 1.165) is 62.7 Å². The van der Waals surface area contributed by atoms with Gasteiger partial charge in [0.25, 0.3) is 0 Å². The van der Waals surface area contributed by atoms with Crippen molar-refractivity contribution >= 4 is 56.2 Å². The molecular formula is C30H28BrClN4OS. The molecule has 0 radical (unpaired) electrons. The van der Waals surface area contributed by atoms with E-state index in [1.165, 1.54) is 12.8 Å². The molecule has 38 heavy (non-hydrogen) atoms. The van der Waals surface area contributed by atoms with Crippen LogP contribution in [0.1, 0.15) is 43.3 Å². The fraction of sp³-hybridized carbons (Fsp3) is 0.267. The van der Waals surface area contributed by atoms with Crippen molar-refractivity contribution in [1.82, 2.24) is 10.3 Å². The lowest BCUT2D eigenvalue weighted by atomic mass is 9.98. The molecule has 194 valence electrons. The second kappa shape index (κ2) is 10.7. The van der Waals surface area contributed by atoms with Crippen molar-refractivity contribution in [3.63, 3.8) is 0 Å². The number of anilines is 2. The van der Waals surface area contributed by atoms with Crippen molar-refractivity contribution in [3.8, 4) is 11.3 Å². The zero-order chi connectivity index (χ0) is 26.2. The molecular weight excluding hydrogens is 580 g/mol. The second-order valence-corrected chi connectivity index (χ2v) is 11.7. The molecule has 2 fully saturated rings. The van der Waals surface area contributed by atoms with Gasteiger partial charge in [0.05, 0.1) is 22.4 Å². The zero-order valence-electron chi connectivity index (χ0n) is 21.0. The zero-order valence-corrected chi connectivity index (χ0v) is 24.1. The number of halogens is 2. The van der Waals surface area contributed by atoms with Crippen LogP contribution in [0.2, 0.25) is 5.02 Å². The number of thiocarbonyl (C=S) groups is 1. The molecule has 2 aromatic carbocycles. The Bertz CT molecular complexity index is 1440. The van der Waals surface area contributed by atoms with Crippen LogP contribution in [0.25, 0.3) is 11.3 Å². The second-order valence-electron chi connectivity index (χ2n) is 10.0. The predicted octanol–water partition coefficient (Wildman–Crippen LogP) is 8.17. The lowest BCUT2D eigenvalue weighted by Crippen LogP contribution is -2.33. The van der Waals surface area contributed by atoms with Gasteiger partial charge in [0, 0.05) is 35.0 Å². The van der Waals surface area contributed by atoms with E-state index in [9.17, 15) is 0 Å². The number of aromatic nitrogens is 1. The Kier molecular flexibility index (Phi) is 7.16. The van der Waals surface area contributed by atoms with E-state index in [-0.39, 0.29) is 12.1 Å². The molecule has 0 amide bonds. The Morgan fingerprint density at radius 1 is 1.03 bits per heavy atom. The summed E-state index contributed by atoms with van der Waals surface area (Å²) in [6, 6.07) is 23.9. The monoisotopic (exact) mass is 606 g/mol. The van der Waals surface area contributed by atoms with E-state index >= 15 is 0 Å². The topological polar surface area (TPSA) is 44.5 Å². The van der Waals surface area contributed by atoms with Crippen molar-refractivity contribution in [2.24, 2.45) is 5.92 Å². The SMILES string of the molecule is CC1CCN(c2ccc(N3C(=S)N[C@@H](c4ccccn4)[C@@H]3c3ccc(-c4ccc(Br)cc4)o3)cc2Cl)CC1. The summed E-state index contributed by atoms with van der Waals surface area (Å²) in [4.78, 5) is 9.13. The molecule has 4 aromatic rings. The minimum atomic E-state index is -0.237. The largest absolute Gasteiger partial charge is 0.459 e. The molecule has 2 aliphatic rings. The summed E-state index contributed by atoms with van der Waals surface area (Å²) in [7, 11) is 0. The van der Waals surface area contributed by atoms with Crippen LogP contribution in [0.15, 0.2) is 87.9 Å². The van der Waals surface area contributed by atoms with Gasteiger partial charge in [-0.3, -0.25) is 4.98 Å². The van der Waals surface area contributed by atoms with Crippen LogP contribution in [0.4, 0.5) is 11.4 Å². The van der Waals surface area contributed by atoms with Gasteiger partial charge in [-0.25, -0.2) is 0 Å². The Labute approximate surface area is 241 Å². The van der Waals surface area contributed by atoms with Gasteiger partial charge >= 0.3 is 0 Å². The summed E-state index contributed by atoms with van der Waals surface area (Å²) >= 11 is 16.3. The molecule has 4 heterocycles. The fourth-order valence-electron chi connectivity index (χ4n) is 5.35. The molecule has 2 saturated heterocycles. The van der Waals surface area contributed by atoms with Crippen LogP contribution >= 0.6 is 39.7 Å². The molecule has 6 rings (SSSR count). The lowest BCUT2D eigenvalue weighted by molar-refractivity contribution is 0.438. The summed E-state index contributed by atoms with van der Waals surface area (Å²) in [5, 5.41) is 4.85. The maximum atomic E-state index is 6.90. The number of pyridine rings is 1. The Morgan fingerprint density at radius 2 is 1.82 bits per heavy atom. The molecule has 2 aromatic heterocycles. The van der Waals surface area contributed by atoms with Crippen molar-refractivity contribution in [2.75, 3.05) is 22.9 Å². The highest BCUT2D eigenvalue weighted by Crippen LogP contribution is 2.44. The van der Waals surface area contributed by atoms with Crippen molar-refractivity contribution < 1.29 is 4.42 Å². The van der Waals surface area contributed by atoms with Crippen LogP contribution in [-0.2, 0) is 0 Å². The molecule has 1 N–H and O–H groups in total. The third kappa shape index (κ3) is 4.95. The number of furan rings is 1.